The van der Waals surface area contributed by atoms with Crippen LogP contribution in [-0.2, 0) is 4.74 Å². The predicted molar refractivity (Wildman–Crippen MR) is 98.9 cm³/mol. The molecule has 24 heavy (non-hydrogen) atoms. The van der Waals surface area contributed by atoms with E-state index in [1.54, 1.807) is 0 Å². The van der Waals surface area contributed by atoms with Crippen LogP contribution in [0.25, 0.3) is 0 Å². The summed E-state index contributed by atoms with van der Waals surface area (Å²) in [6, 6.07) is 9.76. The van der Waals surface area contributed by atoms with Crippen LogP contribution in [0.3, 0.4) is 0 Å². The highest BCUT2D eigenvalue weighted by molar-refractivity contribution is 5.94. The SMILES string of the molecule is CCCC1(CCC)O[C@@H](C)N(C(=O)c2ccccc2)[C@H]1C(C)CC. The fraction of sp³-hybridized carbons (Fsp3) is 0.667. The fourth-order valence-corrected chi connectivity index (χ4v) is 4.37. The molecule has 1 fully saturated rings. The molecule has 0 aliphatic carbocycles. The van der Waals surface area contributed by atoms with E-state index < -0.39 is 0 Å². The highest BCUT2D eigenvalue weighted by Crippen LogP contribution is 2.44. The molecule has 3 nitrogen and oxygen atoms in total. The van der Waals surface area contributed by atoms with Crippen LogP contribution in [0, 0.1) is 5.92 Å². The van der Waals surface area contributed by atoms with Crippen LogP contribution < -0.4 is 0 Å². The molecule has 0 saturated carbocycles. The number of carbonyl (C=O) groups excluding carboxylic acids is 1. The van der Waals surface area contributed by atoms with Gasteiger partial charge in [-0.25, -0.2) is 0 Å². The van der Waals surface area contributed by atoms with Gasteiger partial charge in [-0.3, -0.25) is 4.79 Å². The van der Waals surface area contributed by atoms with Crippen molar-refractivity contribution in [2.45, 2.75) is 84.6 Å². The van der Waals surface area contributed by atoms with Crippen LogP contribution in [0.15, 0.2) is 30.3 Å². The lowest BCUT2D eigenvalue weighted by atomic mass is 9.78. The third kappa shape index (κ3) is 3.51. The highest BCUT2D eigenvalue weighted by Gasteiger charge is 2.54. The molecule has 134 valence electrons. The molecule has 2 rings (SSSR count). The third-order valence-electron chi connectivity index (χ3n) is 5.42. The van der Waals surface area contributed by atoms with Gasteiger partial charge < -0.3 is 9.64 Å². The van der Waals surface area contributed by atoms with E-state index in [9.17, 15) is 4.79 Å². The molecule has 3 heteroatoms. The van der Waals surface area contributed by atoms with Gasteiger partial charge in [0.2, 0.25) is 0 Å². The Morgan fingerprint density at radius 1 is 1.17 bits per heavy atom. The topological polar surface area (TPSA) is 29.5 Å². The summed E-state index contributed by atoms with van der Waals surface area (Å²) in [6.45, 7) is 10.9. The first-order valence-corrected chi connectivity index (χ1v) is 9.56. The first kappa shape index (κ1) is 19.0. The zero-order chi connectivity index (χ0) is 17.7. The molecule has 3 atom stereocenters. The lowest BCUT2D eigenvalue weighted by Crippen LogP contribution is -2.51. The van der Waals surface area contributed by atoms with Gasteiger partial charge in [-0.15, -0.1) is 0 Å². The number of benzene rings is 1. The van der Waals surface area contributed by atoms with Crippen LogP contribution in [0.1, 0.15) is 77.1 Å². The lowest BCUT2D eigenvalue weighted by Gasteiger charge is -2.39. The van der Waals surface area contributed by atoms with E-state index in [2.05, 4.69) is 27.7 Å². The average Bonchev–Trinajstić information content (AvgIpc) is 2.87. The highest BCUT2D eigenvalue weighted by atomic mass is 16.5. The quantitative estimate of drug-likeness (QED) is 0.682. The molecule has 0 radical (unpaired) electrons. The van der Waals surface area contributed by atoms with Gasteiger partial charge in [0.05, 0.1) is 11.6 Å². The van der Waals surface area contributed by atoms with Crippen molar-refractivity contribution in [3.8, 4) is 0 Å². The number of nitrogens with zero attached hydrogens (tertiary/aromatic N) is 1. The summed E-state index contributed by atoms with van der Waals surface area (Å²) in [5.41, 5.74) is 0.549. The Hall–Kier alpha value is -1.35. The first-order chi connectivity index (χ1) is 11.5. The minimum Gasteiger partial charge on any atom is -0.350 e. The van der Waals surface area contributed by atoms with E-state index in [0.29, 0.717) is 5.92 Å². The molecule has 0 aromatic heterocycles. The van der Waals surface area contributed by atoms with Gasteiger partial charge in [0.25, 0.3) is 5.91 Å². The van der Waals surface area contributed by atoms with Crippen molar-refractivity contribution in [3.63, 3.8) is 0 Å². The van der Waals surface area contributed by atoms with Gasteiger partial charge in [0.15, 0.2) is 0 Å². The van der Waals surface area contributed by atoms with Crippen molar-refractivity contribution < 1.29 is 9.53 Å². The fourth-order valence-electron chi connectivity index (χ4n) is 4.37. The standard InChI is InChI=1S/C21H33NO2/c1-6-14-21(15-7-2)19(16(4)8-3)22(17(5)24-21)20(23)18-12-10-9-11-13-18/h9-13,16-17,19H,6-8,14-15H2,1-5H3/t16?,17-,19-/m0/s1. The normalized spacial score (nSPS) is 24.1. The molecule has 1 aliphatic heterocycles. The Kier molecular flexibility index (Phi) is 6.45. The summed E-state index contributed by atoms with van der Waals surface area (Å²) < 4.78 is 6.53. The number of ether oxygens (including phenoxy) is 1. The second-order valence-electron chi connectivity index (χ2n) is 7.19. The van der Waals surface area contributed by atoms with Gasteiger partial charge in [-0.05, 0) is 37.8 Å². The van der Waals surface area contributed by atoms with Crippen molar-refractivity contribution in [1.82, 2.24) is 4.90 Å². The predicted octanol–water partition coefficient (Wildman–Crippen LogP) is 5.26. The Labute approximate surface area is 147 Å². The van der Waals surface area contributed by atoms with E-state index >= 15 is 0 Å². The molecular weight excluding hydrogens is 298 g/mol. The van der Waals surface area contributed by atoms with Crippen molar-refractivity contribution >= 4 is 5.91 Å². The van der Waals surface area contributed by atoms with Gasteiger partial charge in [-0.1, -0.05) is 65.2 Å². The maximum Gasteiger partial charge on any atom is 0.256 e. The van der Waals surface area contributed by atoms with Crippen molar-refractivity contribution in [1.29, 1.82) is 0 Å². The molecule has 1 unspecified atom stereocenters. The van der Waals surface area contributed by atoms with E-state index in [1.165, 1.54) is 0 Å². The summed E-state index contributed by atoms with van der Waals surface area (Å²) in [5.74, 6) is 0.517. The average molecular weight is 332 g/mol. The van der Waals surface area contributed by atoms with E-state index in [4.69, 9.17) is 4.74 Å². The van der Waals surface area contributed by atoms with Crippen molar-refractivity contribution in [3.05, 3.63) is 35.9 Å². The minimum atomic E-state index is -0.206. The number of hydrogen-bond acceptors (Lipinski definition) is 2. The number of amides is 1. The van der Waals surface area contributed by atoms with Crippen molar-refractivity contribution in [2.75, 3.05) is 0 Å². The van der Waals surface area contributed by atoms with E-state index in [0.717, 1.165) is 37.7 Å². The molecule has 0 bridgehead atoms. The summed E-state index contributed by atoms with van der Waals surface area (Å²) in [5, 5.41) is 0. The van der Waals surface area contributed by atoms with Crippen molar-refractivity contribution in [2.24, 2.45) is 5.92 Å². The molecule has 1 saturated heterocycles. The second kappa shape index (κ2) is 8.15. The summed E-state index contributed by atoms with van der Waals surface area (Å²) in [4.78, 5) is 15.3. The Balaban J connectivity index is 2.43. The van der Waals surface area contributed by atoms with Gasteiger partial charge in [-0.2, -0.15) is 0 Å². The zero-order valence-electron chi connectivity index (χ0n) is 15.9. The molecule has 0 spiro atoms. The third-order valence-corrected chi connectivity index (χ3v) is 5.42. The minimum absolute atomic E-state index is 0.0995. The summed E-state index contributed by atoms with van der Waals surface area (Å²) >= 11 is 0. The molecule has 1 aromatic rings. The molecule has 0 N–H and O–H groups in total. The lowest BCUT2D eigenvalue weighted by molar-refractivity contribution is -0.0628. The number of rotatable bonds is 7. The molecular formula is C21H33NO2. The monoisotopic (exact) mass is 331 g/mol. The van der Waals surface area contributed by atoms with Gasteiger partial charge >= 0.3 is 0 Å². The largest absolute Gasteiger partial charge is 0.350 e. The molecule has 1 aliphatic rings. The van der Waals surface area contributed by atoms with Crippen LogP contribution in [-0.4, -0.2) is 28.7 Å². The molecule has 1 heterocycles. The number of carbonyl (C=O) groups is 1. The maximum atomic E-state index is 13.2. The van der Waals surface area contributed by atoms with E-state index in [-0.39, 0.29) is 23.8 Å². The zero-order valence-corrected chi connectivity index (χ0v) is 15.9. The molecule has 1 amide bonds. The summed E-state index contributed by atoms with van der Waals surface area (Å²) in [7, 11) is 0. The van der Waals surface area contributed by atoms with Crippen LogP contribution in [0.2, 0.25) is 0 Å². The molecule has 1 aromatic carbocycles. The summed E-state index contributed by atoms with van der Waals surface area (Å²) in [6.07, 6.45) is 5.06. The maximum absolute atomic E-state index is 13.2. The Morgan fingerprint density at radius 3 is 2.25 bits per heavy atom. The second-order valence-corrected chi connectivity index (χ2v) is 7.19. The van der Waals surface area contributed by atoms with Gasteiger partial charge in [0, 0.05) is 5.56 Å². The Bertz CT molecular complexity index is 522. The van der Waals surface area contributed by atoms with Gasteiger partial charge in [0.1, 0.15) is 6.23 Å². The van der Waals surface area contributed by atoms with Crippen LogP contribution in [0.4, 0.5) is 0 Å². The first-order valence-electron chi connectivity index (χ1n) is 9.56. The smallest absolute Gasteiger partial charge is 0.256 e. The van der Waals surface area contributed by atoms with Crippen LogP contribution >= 0.6 is 0 Å². The number of hydrogen-bond donors (Lipinski definition) is 0. The van der Waals surface area contributed by atoms with E-state index in [1.807, 2.05) is 42.2 Å². The Morgan fingerprint density at radius 2 is 1.75 bits per heavy atom. The van der Waals surface area contributed by atoms with Crippen LogP contribution in [0.5, 0.6) is 0 Å².